The number of phenolic OH excluding ortho intramolecular Hbond substituents is 3. The van der Waals surface area contributed by atoms with Crippen LogP contribution in [-0.2, 0) is 35.5 Å². The minimum Gasteiger partial charge on any atom is -0.508 e. The lowest BCUT2D eigenvalue weighted by molar-refractivity contribution is -0.0494. The smallest absolute Gasteiger partial charge is 0.118 e. The van der Waals surface area contributed by atoms with Crippen molar-refractivity contribution in [1.29, 1.82) is 0 Å². The zero-order chi connectivity index (χ0) is 30.2. The topological polar surface area (TPSA) is 60.7 Å². The van der Waals surface area contributed by atoms with Crippen molar-refractivity contribution in [2.45, 2.75) is 133 Å². The Morgan fingerprint density at radius 2 is 0.814 bits per heavy atom. The molecule has 0 saturated heterocycles. The molecule has 3 N–H and O–H groups in total. The van der Waals surface area contributed by atoms with E-state index in [0.717, 1.165) is 93.7 Å². The number of unbranched alkanes of at least 4 members (excludes halogenated alkanes) is 3. The molecule has 4 bridgehead atoms. The second-order valence-electron chi connectivity index (χ2n) is 14.7. The molecular weight excluding hydrogens is 528 g/mol. The summed E-state index contributed by atoms with van der Waals surface area (Å²) in [5, 5.41) is 32.4. The summed E-state index contributed by atoms with van der Waals surface area (Å²) >= 11 is 0. The average Bonchev–Trinajstić information content (AvgIpc) is 2.99. The molecule has 3 heteroatoms. The van der Waals surface area contributed by atoms with Crippen LogP contribution >= 0.6 is 0 Å². The molecule has 4 aliphatic carbocycles. The van der Waals surface area contributed by atoms with Crippen molar-refractivity contribution in [3.8, 4) is 17.2 Å². The number of rotatable bonds is 12. The van der Waals surface area contributed by atoms with Crippen LogP contribution in [0.3, 0.4) is 0 Å². The van der Waals surface area contributed by atoms with Gasteiger partial charge in [0.15, 0.2) is 0 Å². The normalized spacial score (nSPS) is 27.6. The first-order chi connectivity index (χ1) is 20.7. The maximum atomic E-state index is 10.8. The second-order valence-corrected chi connectivity index (χ2v) is 14.7. The third kappa shape index (κ3) is 5.47. The Labute approximate surface area is 259 Å². The number of aromatic hydroxyl groups is 3. The Kier molecular flexibility index (Phi) is 8.31. The van der Waals surface area contributed by atoms with Crippen LogP contribution in [0, 0.1) is 5.92 Å². The van der Waals surface area contributed by atoms with Crippen molar-refractivity contribution in [3.63, 3.8) is 0 Å². The van der Waals surface area contributed by atoms with Gasteiger partial charge in [0, 0.05) is 0 Å². The van der Waals surface area contributed by atoms with Crippen LogP contribution in [0.5, 0.6) is 17.2 Å². The Bertz CT molecular complexity index is 1270. The first kappa shape index (κ1) is 30.1. The standard InChI is InChI=1S/C40H52O3/c1-4-7-10-29-19-32(13-16-35(29)41)38-22-28-23-39(25-38,33-14-17-36(42)30(20-33)11-8-5-2)27-40(24-28,26-38)34-15-18-37(43)31(21-34)12-9-6-3/h13-21,28,41-43H,4-12,22-27H2,1-3H3. The summed E-state index contributed by atoms with van der Waals surface area (Å²) in [7, 11) is 0. The largest absolute Gasteiger partial charge is 0.508 e. The molecule has 3 aromatic rings. The van der Waals surface area contributed by atoms with Crippen molar-refractivity contribution in [2.24, 2.45) is 5.92 Å². The van der Waals surface area contributed by atoms with Gasteiger partial charge in [0.2, 0.25) is 0 Å². The van der Waals surface area contributed by atoms with Gasteiger partial charge in [-0.2, -0.15) is 0 Å². The maximum Gasteiger partial charge on any atom is 0.118 e. The van der Waals surface area contributed by atoms with Crippen LogP contribution in [-0.4, -0.2) is 15.3 Å². The van der Waals surface area contributed by atoms with Crippen LogP contribution < -0.4 is 0 Å². The predicted octanol–water partition coefficient (Wildman–Crippen LogP) is 9.94. The van der Waals surface area contributed by atoms with E-state index in [2.05, 4.69) is 57.2 Å². The number of aryl methyl sites for hydroxylation is 3. The third-order valence-corrected chi connectivity index (χ3v) is 11.5. The van der Waals surface area contributed by atoms with Crippen LogP contribution in [0.15, 0.2) is 54.6 Å². The van der Waals surface area contributed by atoms with E-state index < -0.39 is 0 Å². The molecule has 0 heterocycles. The Morgan fingerprint density at radius 1 is 0.512 bits per heavy atom. The van der Waals surface area contributed by atoms with Crippen LogP contribution in [0.4, 0.5) is 0 Å². The van der Waals surface area contributed by atoms with E-state index >= 15 is 0 Å². The molecule has 0 spiro atoms. The van der Waals surface area contributed by atoms with Gasteiger partial charge in [0.25, 0.3) is 0 Å². The van der Waals surface area contributed by atoms with Gasteiger partial charge in [0.1, 0.15) is 17.2 Å². The van der Waals surface area contributed by atoms with Crippen LogP contribution in [0.1, 0.15) is 131 Å². The molecule has 0 unspecified atom stereocenters. The highest BCUT2D eigenvalue weighted by Gasteiger charge is 2.64. The van der Waals surface area contributed by atoms with Crippen molar-refractivity contribution in [3.05, 3.63) is 88.0 Å². The molecule has 230 valence electrons. The van der Waals surface area contributed by atoms with Gasteiger partial charge in [-0.15, -0.1) is 0 Å². The van der Waals surface area contributed by atoms with Gasteiger partial charge in [-0.25, -0.2) is 0 Å². The van der Waals surface area contributed by atoms with Crippen molar-refractivity contribution < 1.29 is 15.3 Å². The van der Waals surface area contributed by atoms with Crippen LogP contribution in [0.2, 0.25) is 0 Å². The highest BCUT2D eigenvalue weighted by atomic mass is 16.3. The summed E-state index contributed by atoms with van der Waals surface area (Å²) in [4.78, 5) is 0. The molecule has 43 heavy (non-hydrogen) atoms. The van der Waals surface area contributed by atoms with Gasteiger partial charge in [-0.05, 0) is 151 Å². The fourth-order valence-electron chi connectivity index (χ4n) is 9.85. The quantitative estimate of drug-likeness (QED) is 0.200. The van der Waals surface area contributed by atoms with Crippen molar-refractivity contribution >= 4 is 0 Å². The van der Waals surface area contributed by atoms with Gasteiger partial charge in [0.05, 0.1) is 0 Å². The summed E-state index contributed by atoms with van der Waals surface area (Å²) in [6, 6.07) is 19.6. The third-order valence-electron chi connectivity index (χ3n) is 11.5. The molecule has 0 aromatic heterocycles. The molecule has 7 rings (SSSR count). The molecule has 4 saturated carbocycles. The molecule has 0 atom stereocenters. The summed E-state index contributed by atoms with van der Waals surface area (Å²) in [5.74, 6) is 1.92. The fraction of sp³-hybridized carbons (Fsp3) is 0.550. The Hall–Kier alpha value is -2.94. The lowest BCUT2D eigenvalue weighted by atomic mass is 9.36. The molecule has 0 radical (unpaired) electrons. The van der Waals surface area contributed by atoms with E-state index in [9.17, 15) is 15.3 Å². The average molecular weight is 581 g/mol. The molecule has 0 amide bonds. The van der Waals surface area contributed by atoms with Gasteiger partial charge in [-0.3, -0.25) is 0 Å². The number of hydrogen-bond donors (Lipinski definition) is 3. The van der Waals surface area contributed by atoms with E-state index in [4.69, 9.17) is 0 Å². The maximum absolute atomic E-state index is 10.8. The van der Waals surface area contributed by atoms with E-state index in [0.29, 0.717) is 23.2 Å². The predicted molar refractivity (Wildman–Crippen MR) is 176 cm³/mol. The second kappa shape index (κ2) is 11.9. The first-order valence-electron chi connectivity index (χ1n) is 17.2. The lowest BCUT2D eigenvalue weighted by Crippen LogP contribution is -2.62. The molecular formula is C40H52O3. The molecule has 4 aliphatic rings. The first-order valence-corrected chi connectivity index (χ1v) is 17.2. The fourth-order valence-corrected chi connectivity index (χ4v) is 9.85. The van der Waals surface area contributed by atoms with Crippen molar-refractivity contribution in [2.75, 3.05) is 0 Å². The zero-order valence-electron chi connectivity index (χ0n) is 26.7. The van der Waals surface area contributed by atoms with E-state index in [1.807, 2.05) is 18.2 Å². The summed E-state index contributed by atoms with van der Waals surface area (Å²) in [5.41, 5.74) is 7.62. The Morgan fingerprint density at radius 3 is 1.09 bits per heavy atom. The monoisotopic (exact) mass is 580 g/mol. The van der Waals surface area contributed by atoms with Gasteiger partial charge in [-0.1, -0.05) is 76.4 Å². The highest BCUT2D eigenvalue weighted by molar-refractivity contribution is 5.50. The van der Waals surface area contributed by atoms with E-state index in [1.54, 1.807) is 0 Å². The highest BCUT2D eigenvalue weighted by Crippen LogP contribution is 2.71. The van der Waals surface area contributed by atoms with E-state index in [-0.39, 0.29) is 16.2 Å². The van der Waals surface area contributed by atoms with Crippen LogP contribution in [0.25, 0.3) is 0 Å². The molecule has 3 aromatic carbocycles. The Balaban J connectivity index is 1.49. The number of hydrogen-bond acceptors (Lipinski definition) is 3. The molecule has 4 fully saturated rings. The summed E-state index contributed by atoms with van der Waals surface area (Å²) < 4.78 is 0. The lowest BCUT2D eigenvalue weighted by Gasteiger charge is -2.67. The van der Waals surface area contributed by atoms with E-state index in [1.165, 1.54) is 36.0 Å². The minimum atomic E-state index is 0.0387. The minimum absolute atomic E-state index is 0.0387. The SMILES string of the molecule is CCCCc1cc(C23CC4CC(c5ccc(O)c(CCCC)c5)(C2)CC(c2ccc(O)c(CCCC)c2)(C4)C3)ccc1O. The summed E-state index contributed by atoms with van der Waals surface area (Å²) in [6.45, 7) is 6.64. The molecule has 0 aliphatic heterocycles. The summed E-state index contributed by atoms with van der Waals surface area (Å²) in [6.07, 6.45) is 16.3. The molecule has 3 nitrogen and oxygen atoms in total. The van der Waals surface area contributed by atoms with Gasteiger partial charge < -0.3 is 15.3 Å². The van der Waals surface area contributed by atoms with Crippen molar-refractivity contribution in [1.82, 2.24) is 0 Å². The number of benzene rings is 3. The number of phenols is 3. The zero-order valence-corrected chi connectivity index (χ0v) is 26.7. The van der Waals surface area contributed by atoms with Gasteiger partial charge >= 0.3 is 0 Å².